The maximum Gasteiger partial charge on any atom is 0.136 e. The molecule has 1 fully saturated rings. The van der Waals surface area contributed by atoms with Crippen molar-refractivity contribution in [3.05, 3.63) is 0 Å². The molecule has 2 heteroatoms. The van der Waals surface area contributed by atoms with Gasteiger partial charge in [-0.1, -0.05) is 26.2 Å². The normalized spacial score (nSPS) is 27.6. The average molecular weight is 217 g/mol. The number of alkyl halides is 1. The molecule has 0 aromatic heterocycles. The summed E-state index contributed by atoms with van der Waals surface area (Å²) in [6.07, 6.45) is 7.66. The Bertz CT molecular complexity index is 179. The summed E-state index contributed by atoms with van der Waals surface area (Å²) in [6.45, 7) is 2.21. The molecule has 0 saturated heterocycles. The van der Waals surface area contributed by atoms with E-state index in [0.29, 0.717) is 29.9 Å². The van der Waals surface area contributed by atoms with Crippen molar-refractivity contribution in [1.82, 2.24) is 0 Å². The molecule has 14 heavy (non-hydrogen) atoms. The number of hydrogen-bond donors (Lipinski definition) is 0. The van der Waals surface area contributed by atoms with Crippen molar-refractivity contribution < 1.29 is 4.79 Å². The molecule has 0 aliphatic heterocycles. The van der Waals surface area contributed by atoms with E-state index in [9.17, 15) is 4.79 Å². The summed E-state index contributed by atoms with van der Waals surface area (Å²) in [5, 5.41) is 0. The van der Waals surface area contributed by atoms with Crippen LogP contribution < -0.4 is 0 Å². The standard InChI is InChI=1S/C12H21ClO/c1-2-10-6-3-4-7-11(10)12(14)8-5-9-13/h10-11H,2-9H2,1H3. The third-order valence-electron chi connectivity index (χ3n) is 3.40. The van der Waals surface area contributed by atoms with Crippen LogP contribution in [0.15, 0.2) is 0 Å². The second kappa shape index (κ2) is 6.44. The van der Waals surface area contributed by atoms with E-state index in [1.807, 2.05) is 0 Å². The summed E-state index contributed by atoms with van der Waals surface area (Å²) in [7, 11) is 0. The van der Waals surface area contributed by atoms with Crippen LogP contribution in [0.1, 0.15) is 51.9 Å². The van der Waals surface area contributed by atoms with Crippen LogP contribution in [-0.4, -0.2) is 11.7 Å². The lowest BCUT2D eigenvalue weighted by Crippen LogP contribution is -2.26. The van der Waals surface area contributed by atoms with Crippen molar-refractivity contribution in [3.63, 3.8) is 0 Å². The van der Waals surface area contributed by atoms with E-state index in [2.05, 4.69) is 6.92 Å². The van der Waals surface area contributed by atoms with E-state index in [4.69, 9.17) is 11.6 Å². The molecular formula is C12H21ClO. The van der Waals surface area contributed by atoms with Crippen molar-refractivity contribution in [2.24, 2.45) is 11.8 Å². The van der Waals surface area contributed by atoms with Gasteiger partial charge in [0.1, 0.15) is 5.78 Å². The number of carbonyl (C=O) groups is 1. The zero-order chi connectivity index (χ0) is 10.4. The van der Waals surface area contributed by atoms with Crippen LogP contribution >= 0.6 is 11.6 Å². The van der Waals surface area contributed by atoms with Crippen LogP contribution in [0, 0.1) is 11.8 Å². The third-order valence-corrected chi connectivity index (χ3v) is 3.67. The molecule has 2 unspecified atom stereocenters. The maximum absolute atomic E-state index is 11.9. The number of halogens is 1. The Hall–Kier alpha value is -0.0400. The van der Waals surface area contributed by atoms with E-state index in [1.165, 1.54) is 19.3 Å². The van der Waals surface area contributed by atoms with E-state index in [1.54, 1.807) is 0 Å². The lowest BCUT2D eigenvalue weighted by atomic mass is 9.75. The largest absolute Gasteiger partial charge is 0.299 e. The molecule has 1 aliphatic rings. The van der Waals surface area contributed by atoms with Gasteiger partial charge in [0.15, 0.2) is 0 Å². The first-order valence-electron chi connectivity index (χ1n) is 5.88. The Morgan fingerprint density at radius 3 is 2.71 bits per heavy atom. The smallest absolute Gasteiger partial charge is 0.136 e. The Morgan fingerprint density at radius 1 is 1.36 bits per heavy atom. The fourth-order valence-electron chi connectivity index (χ4n) is 2.55. The van der Waals surface area contributed by atoms with Gasteiger partial charge in [0.2, 0.25) is 0 Å². The fourth-order valence-corrected chi connectivity index (χ4v) is 2.68. The van der Waals surface area contributed by atoms with Crippen LogP contribution in [-0.2, 0) is 4.79 Å². The molecule has 1 aliphatic carbocycles. The van der Waals surface area contributed by atoms with Gasteiger partial charge in [-0.2, -0.15) is 0 Å². The summed E-state index contributed by atoms with van der Waals surface area (Å²) in [5.41, 5.74) is 0. The molecule has 0 spiro atoms. The highest BCUT2D eigenvalue weighted by atomic mass is 35.5. The molecule has 0 aromatic carbocycles. The number of carbonyl (C=O) groups excluding carboxylic acids is 1. The van der Waals surface area contributed by atoms with Crippen molar-refractivity contribution in [3.8, 4) is 0 Å². The number of rotatable bonds is 5. The van der Waals surface area contributed by atoms with E-state index >= 15 is 0 Å². The van der Waals surface area contributed by atoms with Gasteiger partial charge in [0.25, 0.3) is 0 Å². The summed E-state index contributed by atoms with van der Waals surface area (Å²) in [6, 6.07) is 0. The van der Waals surface area contributed by atoms with Crippen molar-refractivity contribution >= 4 is 17.4 Å². The minimum atomic E-state index is 0.358. The second-order valence-electron chi connectivity index (χ2n) is 4.32. The highest BCUT2D eigenvalue weighted by Crippen LogP contribution is 2.33. The Kier molecular flexibility index (Phi) is 5.54. The second-order valence-corrected chi connectivity index (χ2v) is 4.70. The molecule has 0 N–H and O–H groups in total. The Morgan fingerprint density at radius 2 is 2.07 bits per heavy atom. The van der Waals surface area contributed by atoms with Crippen molar-refractivity contribution in [2.75, 3.05) is 5.88 Å². The topological polar surface area (TPSA) is 17.1 Å². The molecule has 1 rings (SSSR count). The fraction of sp³-hybridized carbons (Fsp3) is 0.917. The Labute approximate surface area is 92.2 Å². The van der Waals surface area contributed by atoms with Crippen LogP contribution in [0.5, 0.6) is 0 Å². The van der Waals surface area contributed by atoms with Gasteiger partial charge in [-0.05, 0) is 25.2 Å². The van der Waals surface area contributed by atoms with Gasteiger partial charge in [-0.15, -0.1) is 11.6 Å². The van der Waals surface area contributed by atoms with E-state index < -0.39 is 0 Å². The number of hydrogen-bond acceptors (Lipinski definition) is 1. The van der Waals surface area contributed by atoms with Gasteiger partial charge in [-0.3, -0.25) is 4.79 Å². The molecule has 0 radical (unpaired) electrons. The first-order chi connectivity index (χ1) is 6.79. The molecule has 0 aromatic rings. The summed E-state index contributed by atoms with van der Waals surface area (Å²) in [5.74, 6) is 2.11. The molecule has 0 bridgehead atoms. The zero-order valence-electron chi connectivity index (χ0n) is 9.10. The van der Waals surface area contributed by atoms with Crippen molar-refractivity contribution in [1.29, 1.82) is 0 Å². The molecule has 2 atom stereocenters. The highest BCUT2D eigenvalue weighted by molar-refractivity contribution is 6.17. The molecule has 1 nitrogen and oxygen atoms in total. The monoisotopic (exact) mass is 216 g/mol. The summed E-state index contributed by atoms with van der Waals surface area (Å²) < 4.78 is 0. The molecular weight excluding hydrogens is 196 g/mol. The maximum atomic E-state index is 11.9. The van der Waals surface area contributed by atoms with Crippen molar-refractivity contribution in [2.45, 2.75) is 51.9 Å². The van der Waals surface area contributed by atoms with Gasteiger partial charge in [0, 0.05) is 18.2 Å². The van der Waals surface area contributed by atoms with E-state index in [-0.39, 0.29) is 0 Å². The quantitative estimate of drug-likeness (QED) is 0.639. The Balaban J connectivity index is 2.41. The van der Waals surface area contributed by atoms with Gasteiger partial charge < -0.3 is 0 Å². The van der Waals surface area contributed by atoms with E-state index in [0.717, 1.165) is 19.3 Å². The minimum absolute atomic E-state index is 0.358. The summed E-state index contributed by atoms with van der Waals surface area (Å²) in [4.78, 5) is 11.9. The number of Topliss-reactive ketones (excluding diaryl/α,β-unsaturated/α-hetero) is 1. The first-order valence-corrected chi connectivity index (χ1v) is 6.41. The predicted octanol–water partition coefficient (Wildman–Crippen LogP) is 3.79. The van der Waals surface area contributed by atoms with Gasteiger partial charge in [0.05, 0.1) is 0 Å². The highest BCUT2D eigenvalue weighted by Gasteiger charge is 2.28. The SMILES string of the molecule is CCC1CCCCC1C(=O)CCCCl. The number of ketones is 1. The molecule has 0 heterocycles. The van der Waals surface area contributed by atoms with Gasteiger partial charge >= 0.3 is 0 Å². The lowest BCUT2D eigenvalue weighted by molar-refractivity contribution is -0.125. The average Bonchev–Trinajstić information content (AvgIpc) is 2.25. The van der Waals surface area contributed by atoms with Crippen LogP contribution in [0.25, 0.3) is 0 Å². The minimum Gasteiger partial charge on any atom is -0.299 e. The predicted molar refractivity (Wildman–Crippen MR) is 60.7 cm³/mol. The molecule has 0 amide bonds. The summed E-state index contributed by atoms with van der Waals surface area (Å²) >= 11 is 5.60. The zero-order valence-corrected chi connectivity index (χ0v) is 9.85. The van der Waals surface area contributed by atoms with Gasteiger partial charge in [-0.25, -0.2) is 0 Å². The molecule has 82 valence electrons. The third kappa shape index (κ3) is 3.27. The lowest BCUT2D eigenvalue weighted by Gasteiger charge is -2.29. The van der Waals surface area contributed by atoms with Crippen LogP contribution in [0.3, 0.4) is 0 Å². The van der Waals surface area contributed by atoms with Crippen LogP contribution in [0.4, 0.5) is 0 Å². The first kappa shape index (κ1) is 12.0. The van der Waals surface area contributed by atoms with Crippen LogP contribution in [0.2, 0.25) is 0 Å². The molecule has 1 saturated carbocycles.